The molecule has 1 unspecified atom stereocenters. The van der Waals surface area contributed by atoms with Gasteiger partial charge in [0.1, 0.15) is 0 Å². The van der Waals surface area contributed by atoms with Gasteiger partial charge in [-0.2, -0.15) is 0 Å². The van der Waals surface area contributed by atoms with E-state index in [1.807, 2.05) is 0 Å². The van der Waals surface area contributed by atoms with Crippen LogP contribution < -0.4 is 5.32 Å². The summed E-state index contributed by atoms with van der Waals surface area (Å²) in [5.41, 5.74) is 0. The van der Waals surface area contributed by atoms with E-state index in [2.05, 4.69) is 12.2 Å². The minimum Gasteiger partial charge on any atom is -0.314 e. The molecule has 1 fully saturated rings. The van der Waals surface area contributed by atoms with Crippen molar-refractivity contribution in [2.24, 2.45) is 5.92 Å². The van der Waals surface area contributed by atoms with Gasteiger partial charge in [0.25, 0.3) is 0 Å². The Bertz CT molecular complexity index is 102. The maximum Gasteiger partial charge on any atom is 0.0238 e. The molecule has 0 heterocycles. The molecule has 1 nitrogen and oxygen atoms in total. The highest BCUT2D eigenvalue weighted by molar-refractivity contribution is 6.17. The van der Waals surface area contributed by atoms with Crippen molar-refractivity contribution in [2.45, 2.75) is 38.6 Å². The highest BCUT2D eigenvalue weighted by Gasteiger charge is 2.17. The summed E-state index contributed by atoms with van der Waals surface area (Å²) in [5, 5.41) is 3.50. The van der Waals surface area contributed by atoms with E-state index in [0.717, 1.165) is 18.2 Å². The van der Waals surface area contributed by atoms with Crippen LogP contribution in [0, 0.1) is 5.92 Å². The third-order valence-electron chi connectivity index (χ3n) is 2.52. The van der Waals surface area contributed by atoms with Gasteiger partial charge in [0, 0.05) is 11.9 Å². The lowest BCUT2D eigenvalue weighted by Gasteiger charge is -2.27. The largest absolute Gasteiger partial charge is 0.314 e. The number of halogens is 1. The number of nitrogens with one attached hydrogen (secondary N) is 1. The molecule has 0 aliphatic heterocycles. The standard InChI is InChI=1S/C9H18ClN/c1-8(5-6-10)11-7-9-3-2-4-9/h8-9,11H,2-7H2,1H3. The Morgan fingerprint density at radius 2 is 2.27 bits per heavy atom. The highest BCUT2D eigenvalue weighted by Crippen LogP contribution is 2.25. The molecule has 1 aliphatic rings. The van der Waals surface area contributed by atoms with Crippen LogP contribution >= 0.6 is 11.6 Å². The van der Waals surface area contributed by atoms with Gasteiger partial charge in [-0.1, -0.05) is 6.42 Å². The Hall–Kier alpha value is 0.250. The lowest BCUT2D eigenvalue weighted by atomic mass is 9.85. The van der Waals surface area contributed by atoms with Crippen LogP contribution in [0.15, 0.2) is 0 Å². The fourth-order valence-corrected chi connectivity index (χ4v) is 1.66. The topological polar surface area (TPSA) is 12.0 Å². The van der Waals surface area contributed by atoms with E-state index >= 15 is 0 Å². The van der Waals surface area contributed by atoms with Gasteiger partial charge in [-0.25, -0.2) is 0 Å². The second-order valence-electron chi connectivity index (χ2n) is 3.58. The van der Waals surface area contributed by atoms with Crippen molar-refractivity contribution >= 4 is 11.6 Å². The zero-order valence-electron chi connectivity index (χ0n) is 7.28. The Morgan fingerprint density at radius 3 is 2.73 bits per heavy atom. The lowest BCUT2D eigenvalue weighted by molar-refractivity contribution is 0.290. The normalized spacial score (nSPS) is 21.3. The van der Waals surface area contributed by atoms with Crippen molar-refractivity contribution in [1.82, 2.24) is 5.32 Å². The lowest BCUT2D eigenvalue weighted by Crippen LogP contribution is -2.33. The van der Waals surface area contributed by atoms with E-state index < -0.39 is 0 Å². The van der Waals surface area contributed by atoms with Crippen LogP contribution in [-0.4, -0.2) is 18.5 Å². The SMILES string of the molecule is CC(CCCl)NCC1CCC1. The smallest absolute Gasteiger partial charge is 0.0238 e. The quantitative estimate of drug-likeness (QED) is 0.633. The Labute approximate surface area is 74.5 Å². The summed E-state index contributed by atoms with van der Waals surface area (Å²) in [6.45, 7) is 3.42. The average molecular weight is 176 g/mol. The molecule has 0 aromatic carbocycles. The van der Waals surface area contributed by atoms with Crippen LogP contribution in [0.4, 0.5) is 0 Å². The molecule has 0 aromatic heterocycles. The molecule has 0 spiro atoms. The van der Waals surface area contributed by atoms with Crippen LogP contribution in [-0.2, 0) is 0 Å². The molecule has 1 N–H and O–H groups in total. The summed E-state index contributed by atoms with van der Waals surface area (Å²) < 4.78 is 0. The van der Waals surface area contributed by atoms with E-state index in [1.54, 1.807) is 0 Å². The minimum atomic E-state index is 0.605. The second kappa shape index (κ2) is 5.00. The molecule has 1 rings (SSSR count). The number of alkyl halides is 1. The second-order valence-corrected chi connectivity index (χ2v) is 3.96. The van der Waals surface area contributed by atoms with Crippen LogP contribution in [0.3, 0.4) is 0 Å². The van der Waals surface area contributed by atoms with Crippen LogP contribution in [0.2, 0.25) is 0 Å². The molecule has 1 saturated carbocycles. The van der Waals surface area contributed by atoms with Gasteiger partial charge in [0.05, 0.1) is 0 Å². The molecular weight excluding hydrogens is 158 g/mol. The van der Waals surface area contributed by atoms with E-state index in [-0.39, 0.29) is 0 Å². The molecule has 2 heteroatoms. The van der Waals surface area contributed by atoms with Gasteiger partial charge in [0.2, 0.25) is 0 Å². The molecule has 1 atom stereocenters. The van der Waals surface area contributed by atoms with E-state index in [4.69, 9.17) is 11.6 Å². The van der Waals surface area contributed by atoms with E-state index in [1.165, 1.54) is 25.8 Å². The van der Waals surface area contributed by atoms with Gasteiger partial charge in [-0.15, -0.1) is 11.6 Å². The summed E-state index contributed by atoms with van der Waals surface area (Å²) in [6, 6.07) is 0.605. The van der Waals surface area contributed by atoms with E-state index in [0.29, 0.717) is 6.04 Å². The monoisotopic (exact) mass is 175 g/mol. The van der Waals surface area contributed by atoms with Crippen LogP contribution in [0.5, 0.6) is 0 Å². The summed E-state index contributed by atoms with van der Waals surface area (Å²) in [4.78, 5) is 0. The average Bonchev–Trinajstić information content (AvgIpc) is 1.85. The summed E-state index contributed by atoms with van der Waals surface area (Å²) in [7, 11) is 0. The van der Waals surface area contributed by atoms with Gasteiger partial charge in [-0.05, 0) is 38.6 Å². The van der Waals surface area contributed by atoms with Crippen LogP contribution in [0.25, 0.3) is 0 Å². The first-order valence-electron chi connectivity index (χ1n) is 4.62. The molecular formula is C9H18ClN. The third-order valence-corrected chi connectivity index (χ3v) is 2.74. The predicted octanol–water partition coefficient (Wildman–Crippen LogP) is 2.39. The number of hydrogen-bond acceptors (Lipinski definition) is 1. The fourth-order valence-electron chi connectivity index (χ4n) is 1.33. The van der Waals surface area contributed by atoms with Gasteiger partial charge in [0.15, 0.2) is 0 Å². The zero-order valence-corrected chi connectivity index (χ0v) is 8.03. The van der Waals surface area contributed by atoms with Crippen molar-refractivity contribution in [2.75, 3.05) is 12.4 Å². The molecule has 0 amide bonds. The minimum absolute atomic E-state index is 0.605. The number of rotatable bonds is 5. The molecule has 0 saturated heterocycles. The predicted molar refractivity (Wildman–Crippen MR) is 50.1 cm³/mol. The van der Waals surface area contributed by atoms with Crippen molar-refractivity contribution < 1.29 is 0 Å². The van der Waals surface area contributed by atoms with Crippen molar-refractivity contribution in [1.29, 1.82) is 0 Å². The molecule has 66 valence electrons. The fraction of sp³-hybridized carbons (Fsp3) is 1.00. The maximum absolute atomic E-state index is 5.62. The Kier molecular flexibility index (Phi) is 4.24. The first kappa shape index (κ1) is 9.34. The van der Waals surface area contributed by atoms with E-state index in [9.17, 15) is 0 Å². The van der Waals surface area contributed by atoms with Gasteiger partial charge < -0.3 is 5.32 Å². The van der Waals surface area contributed by atoms with Crippen molar-refractivity contribution in [3.8, 4) is 0 Å². The Balaban J connectivity index is 1.92. The highest BCUT2D eigenvalue weighted by atomic mass is 35.5. The van der Waals surface area contributed by atoms with Gasteiger partial charge in [-0.3, -0.25) is 0 Å². The van der Waals surface area contributed by atoms with Crippen LogP contribution in [0.1, 0.15) is 32.6 Å². The summed E-state index contributed by atoms with van der Waals surface area (Å²) in [6.07, 6.45) is 5.39. The number of hydrogen-bond donors (Lipinski definition) is 1. The molecule has 1 aliphatic carbocycles. The molecule has 0 bridgehead atoms. The van der Waals surface area contributed by atoms with Crippen molar-refractivity contribution in [3.05, 3.63) is 0 Å². The zero-order chi connectivity index (χ0) is 8.10. The maximum atomic E-state index is 5.62. The summed E-state index contributed by atoms with van der Waals surface area (Å²) in [5.74, 6) is 1.74. The van der Waals surface area contributed by atoms with Gasteiger partial charge >= 0.3 is 0 Å². The first-order valence-corrected chi connectivity index (χ1v) is 5.15. The Morgan fingerprint density at radius 1 is 1.55 bits per heavy atom. The van der Waals surface area contributed by atoms with Crippen molar-refractivity contribution in [3.63, 3.8) is 0 Å². The first-order chi connectivity index (χ1) is 5.33. The molecule has 11 heavy (non-hydrogen) atoms. The third kappa shape index (κ3) is 3.44. The molecule has 0 radical (unpaired) electrons. The molecule has 0 aromatic rings. The summed E-state index contributed by atoms with van der Waals surface area (Å²) >= 11 is 5.62.